The summed E-state index contributed by atoms with van der Waals surface area (Å²) in [5.41, 5.74) is 0.570. The SMILES string of the molecule is NS(=O)(=O)c1ccc(Nc2ccnc(N3C(=O)[C@@H]4[C@H](C3=O)[C@@H]3C=C[C@H]4C3)n2)cc1. The maximum absolute atomic E-state index is 12.9. The number of benzene rings is 1. The van der Waals surface area contributed by atoms with Crippen LogP contribution in [0.1, 0.15) is 6.42 Å². The lowest BCUT2D eigenvalue weighted by Gasteiger charge is -2.16. The van der Waals surface area contributed by atoms with Gasteiger partial charge >= 0.3 is 0 Å². The number of primary sulfonamides is 1. The molecule has 4 atom stereocenters. The van der Waals surface area contributed by atoms with Crippen molar-refractivity contribution in [1.29, 1.82) is 0 Å². The first-order valence-electron chi connectivity index (χ1n) is 9.12. The summed E-state index contributed by atoms with van der Waals surface area (Å²) in [7, 11) is -3.77. The third-order valence-electron chi connectivity index (χ3n) is 5.77. The molecule has 29 heavy (non-hydrogen) atoms. The summed E-state index contributed by atoms with van der Waals surface area (Å²) < 4.78 is 22.7. The predicted octanol–water partition coefficient (Wildman–Crippen LogP) is 1.18. The summed E-state index contributed by atoms with van der Waals surface area (Å²) in [5.74, 6) is -0.475. The number of aromatic nitrogens is 2. The Morgan fingerprint density at radius 2 is 1.62 bits per heavy atom. The van der Waals surface area contributed by atoms with Gasteiger partial charge in [-0.1, -0.05) is 12.2 Å². The van der Waals surface area contributed by atoms with E-state index in [1.54, 1.807) is 18.2 Å². The van der Waals surface area contributed by atoms with Gasteiger partial charge in [0.2, 0.25) is 27.8 Å². The molecule has 3 aliphatic rings. The van der Waals surface area contributed by atoms with Crippen molar-refractivity contribution in [2.75, 3.05) is 10.2 Å². The van der Waals surface area contributed by atoms with Crippen molar-refractivity contribution in [3.8, 4) is 0 Å². The van der Waals surface area contributed by atoms with Crippen LogP contribution in [0.25, 0.3) is 0 Å². The van der Waals surface area contributed by atoms with Crippen LogP contribution in [0.2, 0.25) is 0 Å². The number of anilines is 3. The van der Waals surface area contributed by atoms with Crippen molar-refractivity contribution in [3.63, 3.8) is 0 Å². The molecule has 2 bridgehead atoms. The Labute approximate surface area is 166 Å². The highest BCUT2D eigenvalue weighted by atomic mass is 32.2. The third-order valence-corrected chi connectivity index (χ3v) is 6.70. The molecule has 1 aliphatic heterocycles. The monoisotopic (exact) mass is 411 g/mol. The maximum Gasteiger partial charge on any atom is 0.241 e. The van der Waals surface area contributed by atoms with Crippen LogP contribution in [0.3, 0.4) is 0 Å². The number of fused-ring (bicyclic) bond motifs is 5. The zero-order chi connectivity index (χ0) is 20.3. The molecular weight excluding hydrogens is 394 g/mol. The number of allylic oxidation sites excluding steroid dienone is 2. The highest BCUT2D eigenvalue weighted by Crippen LogP contribution is 2.52. The van der Waals surface area contributed by atoms with E-state index in [9.17, 15) is 18.0 Å². The molecule has 1 saturated carbocycles. The van der Waals surface area contributed by atoms with Gasteiger partial charge in [-0.3, -0.25) is 9.59 Å². The minimum absolute atomic E-state index is 0.00512. The molecule has 2 aliphatic carbocycles. The fourth-order valence-corrected chi connectivity index (χ4v) is 5.02. The number of nitrogens with two attached hydrogens (primary N) is 1. The summed E-state index contributed by atoms with van der Waals surface area (Å²) in [6.07, 6.45) is 6.39. The van der Waals surface area contributed by atoms with Crippen LogP contribution in [-0.4, -0.2) is 30.2 Å². The first-order valence-corrected chi connectivity index (χ1v) is 10.7. The fraction of sp³-hybridized carbons (Fsp3) is 0.263. The average Bonchev–Trinajstić information content (AvgIpc) is 3.35. The largest absolute Gasteiger partial charge is 0.340 e. The topological polar surface area (TPSA) is 135 Å². The molecular formula is C19H17N5O4S. The predicted molar refractivity (Wildman–Crippen MR) is 103 cm³/mol. The second-order valence-electron chi connectivity index (χ2n) is 7.45. The van der Waals surface area contributed by atoms with Gasteiger partial charge in [-0.05, 0) is 48.6 Å². The summed E-state index contributed by atoms with van der Waals surface area (Å²) in [4.78, 5) is 35.3. The molecule has 0 unspecified atom stereocenters. The van der Waals surface area contributed by atoms with Gasteiger partial charge in [0, 0.05) is 11.9 Å². The Hall–Kier alpha value is -3.11. The lowest BCUT2D eigenvalue weighted by Crippen LogP contribution is -2.34. The van der Waals surface area contributed by atoms with E-state index < -0.39 is 10.0 Å². The highest BCUT2D eigenvalue weighted by molar-refractivity contribution is 7.89. The molecule has 2 aromatic rings. The number of hydrogen-bond donors (Lipinski definition) is 2. The number of nitrogens with one attached hydrogen (secondary N) is 1. The van der Waals surface area contributed by atoms with E-state index in [0.29, 0.717) is 11.5 Å². The Morgan fingerprint density at radius 1 is 1.00 bits per heavy atom. The second kappa shape index (κ2) is 6.19. The molecule has 1 aromatic heterocycles. The Morgan fingerprint density at radius 3 is 2.21 bits per heavy atom. The standard InChI is InChI=1S/C19H17N5O4S/c20-29(27,28)13-5-3-12(4-6-13)22-14-7-8-21-19(23-14)24-17(25)15-10-1-2-11(9-10)16(15)18(24)26/h1-8,10-11,15-16H,9H2,(H2,20,27,28)(H,21,22,23)/t10-,11+,15-,16+. The number of hydrogen-bond acceptors (Lipinski definition) is 7. The number of rotatable bonds is 4. The molecule has 10 heteroatoms. The van der Waals surface area contributed by atoms with E-state index in [1.165, 1.54) is 18.3 Å². The van der Waals surface area contributed by atoms with Crippen molar-refractivity contribution in [2.45, 2.75) is 11.3 Å². The van der Waals surface area contributed by atoms with Crippen LogP contribution >= 0.6 is 0 Å². The number of nitrogens with zero attached hydrogens (tertiary/aromatic N) is 3. The van der Waals surface area contributed by atoms with Crippen molar-refractivity contribution in [1.82, 2.24) is 9.97 Å². The molecule has 5 rings (SSSR count). The van der Waals surface area contributed by atoms with E-state index in [-0.39, 0.29) is 46.3 Å². The van der Waals surface area contributed by atoms with E-state index in [4.69, 9.17) is 5.14 Å². The van der Waals surface area contributed by atoms with E-state index in [1.807, 2.05) is 12.2 Å². The van der Waals surface area contributed by atoms with Crippen molar-refractivity contribution in [2.24, 2.45) is 28.8 Å². The smallest absolute Gasteiger partial charge is 0.241 e. The van der Waals surface area contributed by atoms with Crippen molar-refractivity contribution >= 4 is 39.3 Å². The van der Waals surface area contributed by atoms with Gasteiger partial charge in [0.25, 0.3) is 0 Å². The fourth-order valence-electron chi connectivity index (χ4n) is 4.50. The molecule has 0 radical (unpaired) electrons. The van der Waals surface area contributed by atoms with Crippen LogP contribution in [0.4, 0.5) is 17.5 Å². The molecule has 0 spiro atoms. The Bertz CT molecular complexity index is 1130. The van der Waals surface area contributed by atoms with Crippen LogP contribution in [0.5, 0.6) is 0 Å². The number of imide groups is 1. The molecule has 1 aromatic carbocycles. The molecule has 2 fully saturated rings. The van der Waals surface area contributed by atoms with Crippen LogP contribution in [0, 0.1) is 23.7 Å². The molecule has 9 nitrogen and oxygen atoms in total. The zero-order valence-electron chi connectivity index (χ0n) is 15.1. The minimum Gasteiger partial charge on any atom is -0.340 e. The molecule has 148 valence electrons. The molecule has 1 saturated heterocycles. The highest BCUT2D eigenvalue weighted by Gasteiger charge is 2.60. The molecule has 2 amide bonds. The van der Waals surface area contributed by atoms with Gasteiger partial charge in [0.15, 0.2) is 0 Å². The first-order chi connectivity index (χ1) is 13.8. The number of amides is 2. The van der Waals surface area contributed by atoms with Crippen molar-refractivity contribution < 1.29 is 18.0 Å². The van der Waals surface area contributed by atoms with Crippen LogP contribution < -0.4 is 15.4 Å². The van der Waals surface area contributed by atoms with Crippen LogP contribution in [-0.2, 0) is 19.6 Å². The second-order valence-corrected chi connectivity index (χ2v) is 9.01. The van der Waals surface area contributed by atoms with E-state index in [0.717, 1.165) is 11.3 Å². The summed E-state index contributed by atoms with van der Waals surface area (Å²) >= 11 is 0. The van der Waals surface area contributed by atoms with E-state index in [2.05, 4.69) is 15.3 Å². The molecule has 2 heterocycles. The minimum atomic E-state index is -3.77. The first kappa shape index (κ1) is 18.0. The van der Waals surface area contributed by atoms with Crippen LogP contribution in [0.15, 0.2) is 53.6 Å². The normalized spacial score (nSPS) is 27.6. The maximum atomic E-state index is 12.9. The Balaban J connectivity index is 1.39. The zero-order valence-corrected chi connectivity index (χ0v) is 15.9. The molecule has 3 N–H and O–H groups in total. The number of sulfonamides is 1. The Kier molecular flexibility index (Phi) is 3.83. The van der Waals surface area contributed by atoms with Gasteiger partial charge in [-0.2, -0.15) is 4.98 Å². The summed E-state index contributed by atoms with van der Waals surface area (Å²) in [6, 6.07) is 7.42. The number of carbonyl (C=O) groups excluding carboxylic acids is 2. The van der Waals surface area contributed by atoms with E-state index >= 15 is 0 Å². The lowest BCUT2D eigenvalue weighted by molar-refractivity contribution is -0.123. The van der Waals surface area contributed by atoms with Gasteiger partial charge in [-0.15, -0.1) is 0 Å². The summed E-state index contributed by atoms with van der Waals surface area (Å²) in [6.45, 7) is 0. The van der Waals surface area contributed by atoms with Gasteiger partial charge in [0.05, 0.1) is 16.7 Å². The quantitative estimate of drug-likeness (QED) is 0.569. The number of carbonyl (C=O) groups is 2. The third kappa shape index (κ3) is 2.83. The van der Waals surface area contributed by atoms with Gasteiger partial charge in [0.1, 0.15) is 5.82 Å². The van der Waals surface area contributed by atoms with Gasteiger partial charge < -0.3 is 5.32 Å². The lowest BCUT2D eigenvalue weighted by atomic mass is 9.85. The average molecular weight is 411 g/mol. The van der Waals surface area contributed by atoms with Gasteiger partial charge in [-0.25, -0.2) is 23.4 Å². The summed E-state index contributed by atoms with van der Waals surface area (Å²) in [5, 5.41) is 8.10. The van der Waals surface area contributed by atoms with Crippen molar-refractivity contribution in [3.05, 3.63) is 48.7 Å².